The Bertz CT molecular complexity index is 900. The summed E-state index contributed by atoms with van der Waals surface area (Å²) in [6.07, 6.45) is 10.2. The van der Waals surface area contributed by atoms with Gasteiger partial charge in [-0.3, -0.25) is 0 Å². The highest BCUT2D eigenvalue weighted by molar-refractivity contribution is 6.30. The molecule has 2 nitrogen and oxygen atoms in total. The molecule has 1 atom stereocenters. The number of halogens is 1. The molecular formula is C29H39ClN2. The highest BCUT2D eigenvalue weighted by Crippen LogP contribution is 2.47. The molecule has 1 aliphatic carbocycles. The van der Waals surface area contributed by atoms with Crippen molar-refractivity contribution in [3.05, 3.63) is 96.8 Å². The molecule has 0 heterocycles. The van der Waals surface area contributed by atoms with Gasteiger partial charge in [-0.25, -0.2) is 0 Å². The summed E-state index contributed by atoms with van der Waals surface area (Å²) in [7, 11) is 2.05. The van der Waals surface area contributed by atoms with Gasteiger partial charge >= 0.3 is 0 Å². The summed E-state index contributed by atoms with van der Waals surface area (Å²) < 4.78 is 0. The van der Waals surface area contributed by atoms with Crippen molar-refractivity contribution in [2.24, 2.45) is 5.92 Å². The molecule has 1 fully saturated rings. The van der Waals surface area contributed by atoms with Gasteiger partial charge in [0.25, 0.3) is 0 Å². The van der Waals surface area contributed by atoms with Crippen LogP contribution >= 0.6 is 11.6 Å². The summed E-state index contributed by atoms with van der Waals surface area (Å²) >= 11 is 6.19. The second kappa shape index (κ2) is 12.6. The molecule has 0 saturated heterocycles. The van der Waals surface area contributed by atoms with Crippen LogP contribution in [0.25, 0.3) is 11.1 Å². The lowest BCUT2D eigenvalue weighted by Crippen LogP contribution is -2.45. The molecule has 172 valence electrons. The zero-order valence-corrected chi connectivity index (χ0v) is 20.8. The SMILES string of the molecule is C=CC(NC(=C)N(C)CC)(c1cccc(-c2cccc(Cl)c2)c1)C1CC1.C=CCCCC. The quantitative estimate of drug-likeness (QED) is 0.274. The third kappa shape index (κ3) is 6.77. The fraction of sp³-hybridized carbons (Fsp3) is 0.379. The van der Waals surface area contributed by atoms with Crippen LogP contribution in [0.5, 0.6) is 0 Å². The normalized spacial score (nSPS) is 14.4. The van der Waals surface area contributed by atoms with Crippen LogP contribution in [0.3, 0.4) is 0 Å². The maximum atomic E-state index is 6.19. The first kappa shape index (κ1) is 25.8. The van der Waals surface area contributed by atoms with Gasteiger partial charge in [-0.05, 0) is 67.0 Å². The molecule has 1 N–H and O–H groups in total. The summed E-state index contributed by atoms with van der Waals surface area (Å²) in [6, 6.07) is 16.7. The van der Waals surface area contributed by atoms with Crippen LogP contribution in [0.15, 0.2) is 86.2 Å². The van der Waals surface area contributed by atoms with Crippen molar-refractivity contribution in [1.82, 2.24) is 10.2 Å². The number of nitrogens with zero attached hydrogens (tertiary/aromatic N) is 1. The van der Waals surface area contributed by atoms with Gasteiger partial charge in [-0.2, -0.15) is 0 Å². The topological polar surface area (TPSA) is 15.3 Å². The molecule has 0 aromatic heterocycles. The minimum Gasteiger partial charge on any atom is -0.362 e. The largest absolute Gasteiger partial charge is 0.362 e. The van der Waals surface area contributed by atoms with E-state index in [1.807, 2.05) is 24.3 Å². The van der Waals surface area contributed by atoms with Crippen LogP contribution in [-0.4, -0.2) is 18.5 Å². The maximum Gasteiger partial charge on any atom is 0.0945 e. The van der Waals surface area contributed by atoms with E-state index in [2.05, 4.69) is 87.3 Å². The third-order valence-electron chi connectivity index (χ3n) is 6.09. The van der Waals surface area contributed by atoms with E-state index in [4.69, 9.17) is 11.6 Å². The molecule has 2 aromatic carbocycles. The van der Waals surface area contributed by atoms with Crippen molar-refractivity contribution in [1.29, 1.82) is 0 Å². The Kier molecular flexibility index (Phi) is 10.1. The number of hydrogen-bond donors (Lipinski definition) is 1. The van der Waals surface area contributed by atoms with Gasteiger partial charge in [-0.15, -0.1) is 13.2 Å². The van der Waals surface area contributed by atoms with Crippen molar-refractivity contribution >= 4 is 11.6 Å². The van der Waals surface area contributed by atoms with E-state index in [9.17, 15) is 0 Å². The number of nitrogens with one attached hydrogen (secondary N) is 1. The molecule has 0 radical (unpaired) electrons. The van der Waals surface area contributed by atoms with E-state index in [1.165, 1.54) is 37.7 Å². The van der Waals surface area contributed by atoms with E-state index in [-0.39, 0.29) is 5.54 Å². The van der Waals surface area contributed by atoms with Crippen LogP contribution in [-0.2, 0) is 5.54 Å². The summed E-state index contributed by atoms with van der Waals surface area (Å²) in [5, 5.41) is 4.44. The maximum absolute atomic E-state index is 6.19. The molecule has 1 saturated carbocycles. The number of hydrogen-bond acceptors (Lipinski definition) is 2. The number of unbranched alkanes of at least 4 members (excludes halogenated alkanes) is 2. The molecule has 0 bridgehead atoms. The predicted octanol–water partition coefficient (Wildman–Crippen LogP) is 8.17. The highest BCUT2D eigenvalue weighted by atomic mass is 35.5. The Morgan fingerprint density at radius 1 is 1.12 bits per heavy atom. The fourth-order valence-corrected chi connectivity index (χ4v) is 3.97. The molecule has 0 spiro atoms. The second-order valence-corrected chi connectivity index (χ2v) is 8.89. The minimum atomic E-state index is -0.297. The highest BCUT2D eigenvalue weighted by Gasteiger charge is 2.45. The van der Waals surface area contributed by atoms with Crippen molar-refractivity contribution < 1.29 is 0 Å². The Morgan fingerprint density at radius 2 is 1.78 bits per heavy atom. The van der Waals surface area contributed by atoms with E-state index in [0.29, 0.717) is 5.92 Å². The molecule has 1 aliphatic rings. The standard InChI is InChI=1S/C23H27ClN2.C6H12/c1-5-23(20-13-14-20,25-17(3)26(4)6-2)21-11-7-9-18(15-21)19-10-8-12-22(24)16-19;1-3-5-6-4-2/h5,7-12,15-16,20,25H,1,3,6,13-14H2,2,4H3;3H,1,4-6H2,2H3. The third-order valence-corrected chi connectivity index (χ3v) is 6.32. The van der Waals surface area contributed by atoms with Crippen LogP contribution in [0.1, 0.15) is 51.5 Å². The van der Waals surface area contributed by atoms with Gasteiger partial charge in [0.05, 0.1) is 11.4 Å². The first-order chi connectivity index (χ1) is 15.4. The van der Waals surface area contributed by atoms with Gasteiger partial charge in [0, 0.05) is 18.6 Å². The lowest BCUT2D eigenvalue weighted by Gasteiger charge is -2.37. The second-order valence-electron chi connectivity index (χ2n) is 8.46. The van der Waals surface area contributed by atoms with E-state index >= 15 is 0 Å². The fourth-order valence-electron chi connectivity index (χ4n) is 3.78. The molecule has 1 unspecified atom stereocenters. The first-order valence-corrected chi connectivity index (χ1v) is 12.1. The zero-order valence-electron chi connectivity index (χ0n) is 20.0. The molecule has 32 heavy (non-hydrogen) atoms. The Labute approximate surface area is 200 Å². The molecule has 3 rings (SSSR count). The summed E-state index contributed by atoms with van der Waals surface area (Å²) in [4.78, 5) is 2.13. The summed E-state index contributed by atoms with van der Waals surface area (Å²) in [5.74, 6) is 1.46. The van der Waals surface area contributed by atoms with Crippen molar-refractivity contribution in [3.8, 4) is 11.1 Å². The molecule has 3 heteroatoms. The van der Waals surface area contributed by atoms with Crippen LogP contribution < -0.4 is 5.32 Å². The number of rotatable bonds is 11. The van der Waals surface area contributed by atoms with Gasteiger partial charge < -0.3 is 10.2 Å². The van der Waals surface area contributed by atoms with Crippen molar-refractivity contribution in [2.75, 3.05) is 13.6 Å². The number of allylic oxidation sites excluding steroid dienone is 1. The van der Waals surface area contributed by atoms with Gasteiger partial charge in [0.1, 0.15) is 0 Å². The predicted molar refractivity (Wildman–Crippen MR) is 142 cm³/mol. The lowest BCUT2D eigenvalue weighted by atomic mass is 9.83. The van der Waals surface area contributed by atoms with Gasteiger partial charge in [0.2, 0.25) is 0 Å². The number of benzene rings is 2. The molecule has 0 amide bonds. The van der Waals surface area contributed by atoms with Crippen LogP contribution in [0.2, 0.25) is 5.02 Å². The first-order valence-electron chi connectivity index (χ1n) is 11.7. The van der Waals surface area contributed by atoms with Crippen LogP contribution in [0.4, 0.5) is 0 Å². The summed E-state index contributed by atoms with van der Waals surface area (Å²) in [5.41, 5.74) is 3.21. The van der Waals surface area contributed by atoms with E-state index in [1.54, 1.807) is 0 Å². The van der Waals surface area contributed by atoms with Crippen LogP contribution in [0, 0.1) is 5.92 Å². The van der Waals surface area contributed by atoms with Gasteiger partial charge in [-0.1, -0.05) is 80.4 Å². The molecular weight excluding hydrogens is 412 g/mol. The van der Waals surface area contributed by atoms with Crippen molar-refractivity contribution in [3.63, 3.8) is 0 Å². The zero-order chi connectivity index (χ0) is 23.6. The van der Waals surface area contributed by atoms with Gasteiger partial charge in [0.15, 0.2) is 0 Å². The summed E-state index contributed by atoms with van der Waals surface area (Å²) in [6.45, 7) is 17.2. The van der Waals surface area contributed by atoms with Crippen molar-refractivity contribution in [2.45, 2.75) is 51.5 Å². The monoisotopic (exact) mass is 450 g/mol. The molecule has 0 aliphatic heterocycles. The average Bonchev–Trinajstić information content (AvgIpc) is 3.67. The van der Waals surface area contributed by atoms with E-state index < -0.39 is 0 Å². The average molecular weight is 451 g/mol. The Hall–Kier alpha value is -2.45. The van der Waals surface area contributed by atoms with E-state index in [0.717, 1.165) is 28.5 Å². The Balaban J connectivity index is 0.000000534. The molecule has 2 aromatic rings. The lowest BCUT2D eigenvalue weighted by molar-refractivity contribution is 0.320. The minimum absolute atomic E-state index is 0.297. The smallest absolute Gasteiger partial charge is 0.0945 e. The Morgan fingerprint density at radius 3 is 2.28 bits per heavy atom.